The molecule has 0 saturated carbocycles. The van der Waals surface area contributed by atoms with Gasteiger partial charge in [-0.25, -0.2) is 10.1 Å². The van der Waals surface area contributed by atoms with Gasteiger partial charge in [-0.1, -0.05) is 5.21 Å². The first-order valence-corrected chi connectivity index (χ1v) is 8.67. The average molecular weight is 415 g/mol. The number of amides is 1. The highest BCUT2D eigenvalue weighted by Gasteiger charge is 2.24. The highest BCUT2D eigenvalue weighted by molar-refractivity contribution is 5.94. The Morgan fingerprint density at radius 1 is 1.33 bits per heavy atom. The van der Waals surface area contributed by atoms with Gasteiger partial charge >= 0.3 is 0 Å². The second-order valence-corrected chi connectivity index (χ2v) is 6.31. The van der Waals surface area contributed by atoms with E-state index in [-0.39, 0.29) is 17.3 Å². The van der Waals surface area contributed by atoms with Gasteiger partial charge in [-0.3, -0.25) is 4.79 Å². The second kappa shape index (κ2) is 9.00. The molecule has 3 rings (SSSR count). The summed E-state index contributed by atoms with van der Waals surface area (Å²) in [4.78, 5) is 14.5. The molecule has 0 spiro atoms. The van der Waals surface area contributed by atoms with Gasteiger partial charge in [-0.15, -0.1) is 5.10 Å². The third-order valence-corrected chi connectivity index (χ3v) is 3.95. The van der Waals surface area contributed by atoms with Gasteiger partial charge in [-0.05, 0) is 42.6 Å². The van der Waals surface area contributed by atoms with Crippen molar-refractivity contribution < 1.29 is 18.9 Å². The minimum atomic E-state index is -0.564. The Labute approximate surface area is 171 Å². The summed E-state index contributed by atoms with van der Waals surface area (Å²) in [6, 6.07) is 5.22. The van der Waals surface area contributed by atoms with E-state index in [2.05, 4.69) is 35.8 Å². The Hall–Kier alpha value is -4.00. The maximum Gasteiger partial charge on any atom is 0.293 e. The van der Waals surface area contributed by atoms with E-state index in [1.165, 1.54) is 18.0 Å². The molecule has 0 aliphatic heterocycles. The molecule has 0 aliphatic carbocycles. The van der Waals surface area contributed by atoms with Crippen LogP contribution >= 0.6 is 0 Å². The van der Waals surface area contributed by atoms with Crippen LogP contribution in [0.1, 0.15) is 21.7 Å². The number of hydrogen-bond donors (Lipinski definition) is 2. The minimum absolute atomic E-state index is 0.0232. The van der Waals surface area contributed by atoms with Crippen LogP contribution in [0.15, 0.2) is 27.9 Å². The Morgan fingerprint density at radius 3 is 2.77 bits per heavy atom. The third kappa shape index (κ3) is 4.35. The summed E-state index contributed by atoms with van der Waals surface area (Å²) in [5.74, 6) is 0.796. The summed E-state index contributed by atoms with van der Waals surface area (Å²) in [6.45, 7) is 0.329. The van der Waals surface area contributed by atoms with Gasteiger partial charge in [-0.2, -0.15) is 9.78 Å². The van der Waals surface area contributed by atoms with Gasteiger partial charge in [0, 0.05) is 12.1 Å². The number of carbonyl (C=O) groups excluding carboxylic acids is 1. The van der Waals surface area contributed by atoms with E-state index in [1.54, 1.807) is 25.3 Å². The van der Waals surface area contributed by atoms with E-state index < -0.39 is 5.91 Å². The fourth-order valence-electron chi connectivity index (χ4n) is 2.58. The predicted octanol–water partition coefficient (Wildman–Crippen LogP) is 0.0752. The van der Waals surface area contributed by atoms with Crippen molar-refractivity contribution in [3.8, 4) is 17.3 Å². The van der Waals surface area contributed by atoms with Gasteiger partial charge in [0.05, 0.1) is 26.1 Å². The number of rotatable bonds is 8. The number of aromatic nitrogens is 5. The van der Waals surface area contributed by atoms with Crippen molar-refractivity contribution in [3.05, 3.63) is 35.2 Å². The molecule has 0 bridgehead atoms. The molecule has 0 unspecified atom stereocenters. The molecule has 2 aromatic heterocycles. The van der Waals surface area contributed by atoms with E-state index >= 15 is 0 Å². The molecule has 0 fully saturated rings. The standard InChI is InChI=1S/C17H21N9O4/c1-25(2)9-12-14(20-24-26(12)16-15(18)22-30-23-16)17(27)21-19-8-10-7-11(28-3)5-6-13(10)29-4/h5-8H,9H2,1-4H3,(H2,18,22)(H,21,27)/b19-8+. The number of benzene rings is 1. The number of ether oxygens (including phenoxy) is 2. The summed E-state index contributed by atoms with van der Waals surface area (Å²) in [5, 5.41) is 19.1. The highest BCUT2D eigenvalue weighted by Crippen LogP contribution is 2.22. The van der Waals surface area contributed by atoms with E-state index in [1.807, 2.05) is 19.0 Å². The number of nitrogens with one attached hydrogen (secondary N) is 1. The van der Waals surface area contributed by atoms with Crippen molar-refractivity contribution in [3.63, 3.8) is 0 Å². The van der Waals surface area contributed by atoms with E-state index in [4.69, 9.17) is 15.2 Å². The first-order chi connectivity index (χ1) is 14.4. The van der Waals surface area contributed by atoms with Crippen molar-refractivity contribution in [1.82, 2.24) is 35.6 Å². The summed E-state index contributed by atoms with van der Waals surface area (Å²) in [6.07, 6.45) is 1.44. The van der Waals surface area contributed by atoms with Gasteiger partial charge in [0.2, 0.25) is 11.6 Å². The summed E-state index contributed by atoms with van der Waals surface area (Å²) >= 11 is 0. The number of nitrogen functional groups attached to an aromatic ring is 1. The summed E-state index contributed by atoms with van der Waals surface area (Å²) < 4.78 is 16.4. The quantitative estimate of drug-likeness (QED) is 0.381. The monoisotopic (exact) mass is 415 g/mol. The molecular formula is C17H21N9O4. The van der Waals surface area contributed by atoms with Crippen LogP contribution in [0.3, 0.4) is 0 Å². The van der Waals surface area contributed by atoms with Crippen LogP contribution in [-0.4, -0.2) is 70.6 Å². The molecule has 1 amide bonds. The van der Waals surface area contributed by atoms with E-state index in [0.717, 1.165) is 0 Å². The van der Waals surface area contributed by atoms with Crippen LogP contribution in [0.2, 0.25) is 0 Å². The number of nitrogens with two attached hydrogens (primary N) is 1. The zero-order chi connectivity index (χ0) is 21.7. The topological polar surface area (TPSA) is 159 Å². The molecule has 0 atom stereocenters. The lowest BCUT2D eigenvalue weighted by molar-refractivity contribution is 0.0948. The molecule has 3 N–H and O–H groups in total. The molecule has 0 saturated heterocycles. The van der Waals surface area contributed by atoms with Crippen LogP contribution < -0.4 is 20.6 Å². The lowest BCUT2D eigenvalue weighted by Crippen LogP contribution is -2.23. The maximum absolute atomic E-state index is 12.7. The Balaban J connectivity index is 1.85. The van der Waals surface area contributed by atoms with Crippen LogP contribution in [0.5, 0.6) is 11.5 Å². The van der Waals surface area contributed by atoms with Crippen molar-refractivity contribution in [1.29, 1.82) is 0 Å². The Kier molecular flexibility index (Phi) is 6.22. The van der Waals surface area contributed by atoms with Gasteiger partial charge in [0.25, 0.3) is 5.91 Å². The molecular weight excluding hydrogens is 394 g/mol. The third-order valence-electron chi connectivity index (χ3n) is 3.95. The predicted molar refractivity (Wildman–Crippen MR) is 106 cm³/mol. The molecule has 30 heavy (non-hydrogen) atoms. The molecule has 3 aromatic rings. The van der Waals surface area contributed by atoms with Gasteiger partial charge in [0.15, 0.2) is 5.69 Å². The molecule has 13 nitrogen and oxygen atoms in total. The molecule has 2 heterocycles. The largest absolute Gasteiger partial charge is 0.497 e. The average Bonchev–Trinajstić information content (AvgIpc) is 3.33. The second-order valence-electron chi connectivity index (χ2n) is 6.31. The minimum Gasteiger partial charge on any atom is -0.497 e. The van der Waals surface area contributed by atoms with Crippen LogP contribution in [-0.2, 0) is 6.54 Å². The zero-order valence-corrected chi connectivity index (χ0v) is 16.9. The van der Waals surface area contributed by atoms with E-state index in [0.29, 0.717) is 29.3 Å². The normalized spacial score (nSPS) is 11.2. The number of nitrogens with zero attached hydrogens (tertiary/aromatic N) is 7. The highest BCUT2D eigenvalue weighted by atomic mass is 16.6. The maximum atomic E-state index is 12.7. The first kappa shape index (κ1) is 20.7. The van der Waals surface area contributed by atoms with Crippen LogP contribution in [0.4, 0.5) is 5.82 Å². The number of hydrogen-bond acceptors (Lipinski definition) is 11. The van der Waals surface area contributed by atoms with Crippen LogP contribution in [0.25, 0.3) is 5.82 Å². The van der Waals surface area contributed by atoms with E-state index in [9.17, 15) is 4.79 Å². The fourth-order valence-corrected chi connectivity index (χ4v) is 2.58. The Morgan fingerprint density at radius 2 is 2.13 bits per heavy atom. The smallest absolute Gasteiger partial charge is 0.293 e. The molecule has 0 radical (unpaired) electrons. The number of methoxy groups -OCH3 is 2. The Bertz CT molecular complexity index is 1060. The van der Waals surface area contributed by atoms with Gasteiger partial charge in [0.1, 0.15) is 11.5 Å². The van der Waals surface area contributed by atoms with Crippen molar-refractivity contribution in [2.45, 2.75) is 6.54 Å². The van der Waals surface area contributed by atoms with Crippen molar-refractivity contribution in [2.24, 2.45) is 5.10 Å². The van der Waals surface area contributed by atoms with Crippen LogP contribution in [0, 0.1) is 0 Å². The number of carbonyl (C=O) groups is 1. The molecule has 158 valence electrons. The van der Waals surface area contributed by atoms with Crippen molar-refractivity contribution in [2.75, 3.05) is 34.0 Å². The molecule has 0 aliphatic rings. The lowest BCUT2D eigenvalue weighted by Gasteiger charge is -2.11. The SMILES string of the molecule is COc1ccc(OC)c(/C=N/NC(=O)c2nnn(-c3nonc3N)c2CN(C)C)c1. The summed E-state index contributed by atoms with van der Waals surface area (Å²) in [7, 11) is 6.75. The molecule has 1 aromatic carbocycles. The zero-order valence-electron chi connectivity index (χ0n) is 16.9. The fraction of sp³-hybridized carbons (Fsp3) is 0.294. The number of anilines is 1. The molecule has 13 heteroatoms. The lowest BCUT2D eigenvalue weighted by atomic mass is 10.2. The number of hydrazone groups is 1. The van der Waals surface area contributed by atoms with Gasteiger partial charge < -0.3 is 20.1 Å². The summed E-state index contributed by atoms with van der Waals surface area (Å²) in [5.41, 5.74) is 9.29. The first-order valence-electron chi connectivity index (χ1n) is 8.67. The van der Waals surface area contributed by atoms with Crippen molar-refractivity contribution >= 4 is 17.9 Å².